The van der Waals surface area contributed by atoms with E-state index >= 15 is 0 Å². The Hall–Kier alpha value is -3.98. The number of hydrogen-bond donors (Lipinski definition) is 0. The molecule has 0 spiro atoms. The van der Waals surface area contributed by atoms with Gasteiger partial charge in [-0.1, -0.05) is 72.8 Å². The molecule has 1 atom stereocenters. The predicted molar refractivity (Wildman–Crippen MR) is 181 cm³/mol. The summed E-state index contributed by atoms with van der Waals surface area (Å²) in [6, 6.07) is 19.4. The van der Waals surface area contributed by atoms with Crippen LogP contribution in [0.2, 0.25) is 0 Å². The minimum absolute atomic E-state index is 0.0134. The lowest BCUT2D eigenvalue weighted by molar-refractivity contribution is -0.162. The van der Waals surface area contributed by atoms with Crippen molar-refractivity contribution in [2.45, 2.75) is 104 Å². The zero-order valence-electron chi connectivity index (χ0n) is 29.2. The van der Waals surface area contributed by atoms with Gasteiger partial charge in [0, 0.05) is 30.6 Å². The van der Waals surface area contributed by atoms with Crippen molar-refractivity contribution in [3.63, 3.8) is 0 Å². The molecule has 1 unspecified atom stereocenters. The Kier molecular flexibility index (Phi) is 13.7. The Balaban J connectivity index is 2.44. The molecule has 0 aliphatic carbocycles. The standard InChI is InChI=1S/C37H52N2O7/c1-11-12-23-37(31(40)44-34(2,3)4,38-30(28-19-15-13-16-20-28)29-21-17-14-18-22-29)24-26-43-27-25-39(32(41)45-35(5,6)7)33(42)46-36(8,9)10/h11-22H,23-27H2,1-10H3. The molecule has 9 nitrogen and oxygen atoms in total. The number of amides is 2. The van der Waals surface area contributed by atoms with Gasteiger partial charge in [-0.15, -0.1) is 0 Å². The van der Waals surface area contributed by atoms with Gasteiger partial charge in [-0.25, -0.2) is 19.3 Å². The molecular formula is C37H52N2O7. The monoisotopic (exact) mass is 636 g/mol. The molecule has 0 bridgehead atoms. The number of benzene rings is 2. The van der Waals surface area contributed by atoms with Crippen molar-refractivity contribution in [1.82, 2.24) is 4.90 Å². The second kappa shape index (κ2) is 16.5. The molecule has 2 amide bonds. The summed E-state index contributed by atoms with van der Waals surface area (Å²) in [7, 11) is 0. The Morgan fingerprint density at radius 1 is 0.696 bits per heavy atom. The van der Waals surface area contributed by atoms with E-state index in [1.165, 1.54) is 0 Å². The summed E-state index contributed by atoms with van der Waals surface area (Å²) in [4.78, 5) is 45.9. The van der Waals surface area contributed by atoms with Gasteiger partial charge in [-0.2, -0.15) is 0 Å². The molecule has 2 rings (SSSR count). The third-order valence-corrected chi connectivity index (χ3v) is 6.24. The largest absolute Gasteiger partial charge is 0.458 e. The Morgan fingerprint density at radius 2 is 1.15 bits per heavy atom. The van der Waals surface area contributed by atoms with Crippen molar-refractivity contribution in [3.05, 3.63) is 83.9 Å². The number of aliphatic imine (C=N–C) groups is 1. The number of esters is 1. The van der Waals surface area contributed by atoms with E-state index in [0.717, 1.165) is 16.0 Å². The van der Waals surface area contributed by atoms with Crippen LogP contribution >= 0.6 is 0 Å². The van der Waals surface area contributed by atoms with Gasteiger partial charge in [0.15, 0.2) is 5.54 Å². The van der Waals surface area contributed by atoms with Gasteiger partial charge < -0.3 is 18.9 Å². The number of allylic oxidation sites excluding steroid dienone is 1. The maximum atomic E-state index is 14.1. The summed E-state index contributed by atoms with van der Waals surface area (Å²) in [6.45, 7) is 17.6. The van der Waals surface area contributed by atoms with Gasteiger partial charge in [0.25, 0.3) is 0 Å². The topological polar surface area (TPSA) is 104 Å². The summed E-state index contributed by atoms with van der Waals surface area (Å²) in [5.74, 6) is -0.477. The molecule has 2 aromatic carbocycles. The van der Waals surface area contributed by atoms with Crippen LogP contribution in [0.5, 0.6) is 0 Å². The normalized spacial score (nSPS) is 13.4. The number of rotatable bonds is 12. The Morgan fingerprint density at radius 3 is 1.57 bits per heavy atom. The van der Waals surface area contributed by atoms with Crippen LogP contribution in [-0.2, 0) is 23.7 Å². The highest BCUT2D eigenvalue weighted by molar-refractivity contribution is 6.13. The summed E-state index contributed by atoms with van der Waals surface area (Å²) >= 11 is 0. The van der Waals surface area contributed by atoms with Gasteiger partial charge in [-0.05, 0) is 69.2 Å². The fourth-order valence-electron chi connectivity index (χ4n) is 4.21. The zero-order chi connectivity index (χ0) is 34.6. The Labute approximate surface area is 275 Å². The predicted octanol–water partition coefficient (Wildman–Crippen LogP) is 8.15. The van der Waals surface area contributed by atoms with Crippen LogP contribution in [0.15, 0.2) is 77.8 Å². The van der Waals surface area contributed by atoms with Gasteiger partial charge in [-0.3, -0.25) is 4.99 Å². The molecule has 0 saturated carbocycles. The van der Waals surface area contributed by atoms with Gasteiger partial charge in [0.2, 0.25) is 0 Å². The van der Waals surface area contributed by atoms with E-state index < -0.39 is 40.5 Å². The highest BCUT2D eigenvalue weighted by Crippen LogP contribution is 2.29. The molecule has 0 radical (unpaired) electrons. The van der Waals surface area contributed by atoms with E-state index in [1.807, 2.05) is 101 Å². The van der Waals surface area contributed by atoms with Gasteiger partial charge in [0.05, 0.1) is 18.9 Å². The average Bonchev–Trinajstić information content (AvgIpc) is 2.94. The van der Waals surface area contributed by atoms with Crippen molar-refractivity contribution in [1.29, 1.82) is 0 Å². The molecule has 0 heterocycles. The lowest BCUT2D eigenvalue weighted by Gasteiger charge is -2.32. The quantitative estimate of drug-likeness (QED) is 0.0761. The van der Waals surface area contributed by atoms with Crippen LogP contribution in [0.4, 0.5) is 9.59 Å². The average molecular weight is 637 g/mol. The maximum absolute atomic E-state index is 14.1. The van der Waals surface area contributed by atoms with E-state index in [2.05, 4.69) is 0 Å². The summed E-state index contributed by atoms with van der Waals surface area (Å²) in [5.41, 5.74) is -1.36. The smallest absolute Gasteiger partial charge is 0.419 e. The first-order valence-corrected chi connectivity index (χ1v) is 15.7. The number of hydrogen-bond acceptors (Lipinski definition) is 8. The van der Waals surface area contributed by atoms with E-state index in [4.69, 9.17) is 23.9 Å². The van der Waals surface area contributed by atoms with E-state index in [9.17, 15) is 14.4 Å². The summed E-state index contributed by atoms with van der Waals surface area (Å²) in [5, 5.41) is 0. The van der Waals surface area contributed by atoms with E-state index in [0.29, 0.717) is 5.71 Å². The van der Waals surface area contributed by atoms with Crippen LogP contribution in [0, 0.1) is 0 Å². The van der Waals surface area contributed by atoms with Crippen molar-refractivity contribution in [3.8, 4) is 0 Å². The first-order chi connectivity index (χ1) is 21.4. The first kappa shape index (κ1) is 38.2. The van der Waals surface area contributed by atoms with Crippen LogP contribution in [0.1, 0.15) is 93.2 Å². The molecule has 0 aliphatic rings. The third-order valence-electron chi connectivity index (χ3n) is 6.24. The van der Waals surface area contributed by atoms with Gasteiger partial charge >= 0.3 is 18.2 Å². The molecule has 0 N–H and O–H groups in total. The number of carbonyl (C=O) groups is 3. The number of imide groups is 1. The third kappa shape index (κ3) is 13.2. The van der Waals surface area contributed by atoms with Crippen molar-refractivity contribution >= 4 is 23.9 Å². The van der Waals surface area contributed by atoms with Crippen LogP contribution in [-0.4, -0.2) is 70.9 Å². The number of carbonyl (C=O) groups excluding carboxylic acids is 3. The van der Waals surface area contributed by atoms with Crippen LogP contribution < -0.4 is 0 Å². The van der Waals surface area contributed by atoms with E-state index in [1.54, 1.807) is 41.5 Å². The number of ether oxygens (including phenoxy) is 4. The lowest BCUT2D eigenvalue weighted by Crippen LogP contribution is -2.45. The van der Waals surface area contributed by atoms with Crippen LogP contribution in [0.3, 0.4) is 0 Å². The second-order valence-corrected chi connectivity index (χ2v) is 14.0. The molecule has 46 heavy (non-hydrogen) atoms. The summed E-state index contributed by atoms with van der Waals surface area (Å²) < 4.78 is 22.8. The summed E-state index contributed by atoms with van der Waals surface area (Å²) in [6.07, 6.45) is 2.55. The molecule has 0 aromatic heterocycles. The van der Waals surface area contributed by atoms with Crippen molar-refractivity contribution < 1.29 is 33.3 Å². The SMILES string of the molecule is CC=CCC(CCOCCN(C(=O)OC(C)(C)C)C(=O)OC(C)(C)C)(N=C(c1ccccc1)c1ccccc1)C(=O)OC(C)(C)C. The zero-order valence-corrected chi connectivity index (χ0v) is 29.2. The highest BCUT2D eigenvalue weighted by Gasteiger charge is 2.41. The molecule has 252 valence electrons. The van der Waals surface area contributed by atoms with Crippen LogP contribution in [0.25, 0.3) is 0 Å². The molecule has 0 saturated heterocycles. The highest BCUT2D eigenvalue weighted by atomic mass is 16.6. The fraction of sp³-hybridized carbons (Fsp3) is 0.514. The molecule has 2 aromatic rings. The first-order valence-electron chi connectivity index (χ1n) is 15.7. The molecule has 0 aliphatic heterocycles. The maximum Gasteiger partial charge on any atom is 0.419 e. The fourth-order valence-corrected chi connectivity index (χ4v) is 4.21. The minimum atomic E-state index is -1.34. The van der Waals surface area contributed by atoms with Gasteiger partial charge in [0.1, 0.15) is 16.8 Å². The lowest BCUT2D eigenvalue weighted by atomic mass is 9.89. The molecule has 9 heteroatoms. The molecule has 0 fully saturated rings. The number of nitrogens with zero attached hydrogens (tertiary/aromatic N) is 2. The minimum Gasteiger partial charge on any atom is -0.458 e. The second-order valence-electron chi connectivity index (χ2n) is 14.0. The molecular weight excluding hydrogens is 584 g/mol. The van der Waals surface area contributed by atoms with Crippen molar-refractivity contribution in [2.75, 3.05) is 19.8 Å². The van der Waals surface area contributed by atoms with E-state index in [-0.39, 0.29) is 32.6 Å². The van der Waals surface area contributed by atoms with Crippen molar-refractivity contribution in [2.24, 2.45) is 4.99 Å². The Bertz CT molecular complexity index is 1260.